The van der Waals surface area contributed by atoms with E-state index in [0.717, 1.165) is 18.5 Å². The molecular formula is C13H25NO. The van der Waals surface area contributed by atoms with Crippen LogP contribution >= 0.6 is 0 Å². The number of hydrogen-bond donors (Lipinski definition) is 2. The van der Waals surface area contributed by atoms with Crippen LogP contribution in [0.2, 0.25) is 0 Å². The molecule has 2 saturated carbocycles. The second-order valence-electron chi connectivity index (χ2n) is 5.60. The summed E-state index contributed by atoms with van der Waals surface area (Å²) in [5.74, 6) is 0.883. The highest BCUT2D eigenvalue weighted by molar-refractivity contribution is 4.95. The molecule has 2 atom stereocenters. The van der Waals surface area contributed by atoms with Gasteiger partial charge in [-0.3, -0.25) is 0 Å². The molecule has 0 bridgehead atoms. The number of aliphatic hydroxyl groups excluding tert-OH is 1. The maximum absolute atomic E-state index is 9.27. The summed E-state index contributed by atoms with van der Waals surface area (Å²) < 4.78 is 0. The highest BCUT2D eigenvalue weighted by atomic mass is 16.3. The summed E-state index contributed by atoms with van der Waals surface area (Å²) in [5, 5.41) is 13.0. The van der Waals surface area contributed by atoms with Gasteiger partial charge in [0.1, 0.15) is 0 Å². The van der Waals surface area contributed by atoms with E-state index in [2.05, 4.69) is 12.2 Å². The fraction of sp³-hybridized carbons (Fsp3) is 1.00. The van der Waals surface area contributed by atoms with Crippen LogP contribution in [0.25, 0.3) is 0 Å². The van der Waals surface area contributed by atoms with Crippen LogP contribution < -0.4 is 5.32 Å². The van der Waals surface area contributed by atoms with E-state index in [4.69, 9.17) is 0 Å². The van der Waals surface area contributed by atoms with Crippen molar-refractivity contribution in [2.45, 2.75) is 57.9 Å². The van der Waals surface area contributed by atoms with Gasteiger partial charge in [-0.15, -0.1) is 0 Å². The first kappa shape index (κ1) is 11.4. The zero-order valence-corrected chi connectivity index (χ0v) is 9.97. The molecule has 2 aliphatic rings. The van der Waals surface area contributed by atoms with Gasteiger partial charge in [0.25, 0.3) is 0 Å². The number of hydrogen-bond acceptors (Lipinski definition) is 2. The average Bonchev–Trinajstić information content (AvgIpc) is 3.07. The fourth-order valence-electron chi connectivity index (χ4n) is 2.88. The maximum atomic E-state index is 9.27. The summed E-state index contributed by atoms with van der Waals surface area (Å²) in [5.41, 5.74) is 0.274. The van der Waals surface area contributed by atoms with E-state index in [1.54, 1.807) is 0 Å². The van der Waals surface area contributed by atoms with Crippen molar-refractivity contribution in [1.82, 2.24) is 5.32 Å². The predicted molar refractivity (Wildman–Crippen MR) is 62.8 cm³/mol. The molecule has 15 heavy (non-hydrogen) atoms. The molecule has 2 unspecified atom stereocenters. The highest BCUT2D eigenvalue weighted by Crippen LogP contribution is 2.44. The first-order valence-electron chi connectivity index (χ1n) is 6.64. The minimum atomic E-state index is 0.274. The van der Waals surface area contributed by atoms with Crippen LogP contribution in [-0.2, 0) is 0 Å². The molecule has 88 valence electrons. The molecule has 2 heteroatoms. The summed E-state index contributed by atoms with van der Waals surface area (Å²) in [4.78, 5) is 0. The standard InChI is InChI=1S/C13H25NO/c1-2-11-5-3-4-6-12(11)14-9-13(10-15)7-8-13/h11-12,14-15H,2-10H2,1H3. The second-order valence-corrected chi connectivity index (χ2v) is 5.60. The van der Waals surface area contributed by atoms with Gasteiger partial charge in [-0.05, 0) is 31.6 Å². The minimum absolute atomic E-state index is 0.274. The molecule has 2 fully saturated rings. The van der Waals surface area contributed by atoms with Gasteiger partial charge in [0, 0.05) is 24.6 Å². The molecule has 0 heterocycles. The Labute approximate surface area is 93.5 Å². The van der Waals surface area contributed by atoms with Crippen molar-refractivity contribution in [3.63, 3.8) is 0 Å². The monoisotopic (exact) mass is 211 g/mol. The first-order chi connectivity index (χ1) is 7.29. The number of aliphatic hydroxyl groups is 1. The van der Waals surface area contributed by atoms with Crippen LogP contribution in [0.1, 0.15) is 51.9 Å². The van der Waals surface area contributed by atoms with Gasteiger partial charge in [-0.1, -0.05) is 26.2 Å². The third-order valence-electron chi connectivity index (χ3n) is 4.47. The smallest absolute Gasteiger partial charge is 0.0499 e. The van der Waals surface area contributed by atoms with Crippen LogP contribution in [-0.4, -0.2) is 24.3 Å². The van der Waals surface area contributed by atoms with Crippen molar-refractivity contribution in [3.05, 3.63) is 0 Å². The minimum Gasteiger partial charge on any atom is -0.396 e. The van der Waals surface area contributed by atoms with E-state index in [0.29, 0.717) is 6.61 Å². The molecule has 0 amide bonds. The Morgan fingerprint density at radius 3 is 2.60 bits per heavy atom. The lowest BCUT2D eigenvalue weighted by atomic mass is 9.82. The van der Waals surface area contributed by atoms with E-state index < -0.39 is 0 Å². The molecule has 0 spiro atoms. The van der Waals surface area contributed by atoms with Gasteiger partial charge < -0.3 is 10.4 Å². The Morgan fingerprint density at radius 2 is 2.00 bits per heavy atom. The second kappa shape index (κ2) is 4.84. The SMILES string of the molecule is CCC1CCCCC1NCC1(CO)CC1. The van der Waals surface area contributed by atoms with E-state index in [-0.39, 0.29) is 5.41 Å². The van der Waals surface area contributed by atoms with Gasteiger partial charge in [0.15, 0.2) is 0 Å². The van der Waals surface area contributed by atoms with Crippen LogP contribution in [0.15, 0.2) is 0 Å². The van der Waals surface area contributed by atoms with Gasteiger partial charge in [0.05, 0.1) is 0 Å². The van der Waals surface area contributed by atoms with Crippen molar-refractivity contribution in [2.24, 2.45) is 11.3 Å². The largest absolute Gasteiger partial charge is 0.396 e. The molecule has 2 rings (SSSR count). The molecule has 2 N–H and O–H groups in total. The third-order valence-corrected chi connectivity index (χ3v) is 4.47. The van der Waals surface area contributed by atoms with Crippen LogP contribution in [0.4, 0.5) is 0 Å². The van der Waals surface area contributed by atoms with E-state index in [1.807, 2.05) is 0 Å². The van der Waals surface area contributed by atoms with E-state index in [1.165, 1.54) is 44.9 Å². The van der Waals surface area contributed by atoms with Crippen molar-refractivity contribution in [1.29, 1.82) is 0 Å². The Kier molecular flexibility index (Phi) is 3.68. The zero-order chi connectivity index (χ0) is 10.7. The van der Waals surface area contributed by atoms with Crippen LogP contribution in [0.3, 0.4) is 0 Å². The lowest BCUT2D eigenvalue weighted by molar-refractivity contribution is 0.185. The average molecular weight is 211 g/mol. The van der Waals surface area contributed by atoms with Crippen molar-refractivity contribution < 1.29 is 5.11 Å². The number of nitrogens with one attached hydrogen (secondary N) is 1. The van der Waals surface area contributed by atoms with Crippen LogP contribution in [0.5, 0.6) is 0 Å². The van der Waals surface area contributed by atoms with E-state index >= 15 is 0 Å². The quantitative estimate of drug-likeness (QED) is 0.731. The fourth-order valence-corrected chi connectivity index (χ4v) is 2.88. The molecule has 0 aliphatic heterocycles. The molecule has 0 saturated heterocycles. The third kappa shape index (κ3) is 2.73. The molecular weight excluding hydrogens is 186 g/mol. The lowest BCUT2D eigenvalue weighted by Gasteiger charge is -2.32. The molecule has 0 aromatic heterocycles. The Morgan fingerprint density at radius 1 is 1.27 bits per heavy atom. The van der Waals surface area contributed by atoms with Gasteiger partial charge in [0.2, 0.25) is 0 Å². The number of rotatable bonds is 5. The summed E-state index contributed by atoms with van der Waals surface area (Å²) >= 11 is 0. The Bertz CT molecular complexity index is 201. The van der Waals surface area contributed by atoms with E-state index in [9.17, 15) is 5.11 Å². The van der Waals surface area contributed by atoms with Gasteiger partial charge in [-0.2, -0.15) is 0 Å². The molecule has 2 nitrogen and oxygen atoms in total. The molecule has 0 aromatic rings. The first-order valence-corrected chi connectivity index (χ1v) is 6.64. The molecule has 0 radical (unpaired) electrons. The molecule has 2 aliphatic carbocycles. The zero-order valence-electron chi connectivity index (χ0n) is 9.97. The van der Waals surface area contributed by atoms with Gasteiger partial charge in [-0.25, -0.2) is 0 Å². The Balaban J connectivity index is 1.77. The Hall–Kier alpha value is -0.0800. The normalized spacial score (nSPS) is 34.0. The summed E-state index contributed by atoms with van der Waals surface area (Å²) in [6, 6.07) is 0.729. The predicted octanol–water partition coefficient (Wildman–Crippen LogP) is 2.32. The lowest BCUT2D eigenvalue weighted by Crippen LogP contribution is -2.41. The van der Waals surface area contributed by atoms with Crippen molar-refractivity contribution in [3.8, 4) is 0 Å². The highest BCUT2D eigenvalue weighted by Gasteiger charge is 2.42. The molecule has 0 aromatic carbocycles. The van der Waals surface area contributed by atoms with Gasteiger partial charge >= 0.3 is 0 Å². The maximum Gasteiger partial charge on any atom is 0.0499 e. The summed E-state index contributed by atoms with van der Waals surface area (Å²) in [6.45, 7) is 3.73. The van der Waals surface area contributed by atoms with Crippen molar-refractivity contribution >= 4 is 0 Å². The topological polar surface area (TPSA) is 32.3 Å². The summed E-state index contributed by atoms with van der Waals surface area (Å²) in [6.07, 6.45) is 9.31. The summed E-state index contributed by atoms with van der Waals surface area (Å²) in [7, 11) is 0. The van der Waals surface area contributed by atoms with Crippen LogP contribution in [0, 0.1) is 11.3 Å². The van der Waals surface area contributed by atoms with Crippen molar-refractivity contribution in [2.75, 3.05) is 13.2 Å².